The number of esters is 1. The summed E-state index contributed by atoms with van der Waals surface area (Å²) in [7, 11) is 0. The SMILES string of the molecule is CCCCC/C=C\CCCCCCCC(=O)OCCCCCCCCCC/C=C\CCCCCCCCCC(=O)NC(CO)C(O)CCCCCCCCCCCCCCCCCCCCCCCCCCC. The van der Waals surface area contributed by atoms with Crippen LogP contribution in [0.4, 0.5) is 0 Å². The molecule has 2 unspecified atom stereocenters. The van der Waals surface area contributed by atoms with Crippen molar-refractivity contribution in [2.75, 3.05) is 13.2 Å². The number of unbranched alkanes of at least 4 members (excludes halogenated alkanes) is 47. The van der Waals surface area contributed by atoms with Gasteiger partial charge in [-0.05, 0) is 77.0 Å². The molecule has 432 valence electrons. The van der Waals surface area contributed by atoms with Crippen LogP contribution in [0.25, 0.3) is 0 Å². The Labute approximate surface area is 456 Å². The third-order valence-electron chi connectivity index (χ3n) is 15.5. The summed E-state index contributed by atoms with van der Waals surface area (Å²) in [6.45, 7) is 4.94. The van der Waals surface area contributed by atoms with Crippen molar-refractivity contribution >= 4 is 11.9 Å². The highest BCUT2D eigenvalue weighted by atomic mass is 16.5. The number of hydrogen-bond donors (Lipinski definition) is 3. The first-order chi connectivity index (χ1) is 36.0. The molecule has 0 aliphatic carbocycles. The van der Waals surface area contributed by atoms with Crippen LogP contribution in [0.3, 0.4) is 0 Å². The Morgan fingerprint density at radius 1 is 0.370 bits per heavy atom. The lowest BCUT2D eigenvalue weighted by Gasteiger charge is -2.22. The van der Waals surface area contributed by atoms with E-state index in [1.807, 2.05) is 0 Å². The second-order valence-corrected chi connectivity index (χ2v) is 22.8. The largest absolute Gasteiger partial charge is 0.466 e. The minimum atomic E-state index is -0.672. The number of allylic oxidation sites excluding steroid dienone is 4. The van der Waals surface area contributed by atoms with Gasteiger partial charge in [-0.2, -0.15) is 0 Å². The summed E-state index contributed by atoms with van der Waals surface area (Å²) >= 11 is 0. The van der Waals surface area contributed by atoms with Crippen LogP contribution >= 0.6 is 0 Å². The second-order valence-electron chi connectivity index (χ2n) is 22.8. The average molecular weight is 1030 g/mol. The fourth-order valence-corrected chi connectivity index (χ4v) is 10.4. The maximum absolute atomic E-state index is 12.5. The van der Waals surface area contributed by atoms with Crippen LogP contribution in [0.15, 0.2) is 24.3 Å². The molecule has 2 atom stereocenters. The molecule has 0 bridgehead atoms. The quantitative estimate of drug-likeness (QED) is 0.0320. The Bertz CT molecular complexity index is 1140. The average Bonchev–Trinajstić information content (AvgIpc) is 3.39. The van der Waals surface area contributed by atoms with E-state index >= 15 is 0 Å². The fourth-order valence-electron chi connectivity index (χ4n) is 10.4. The van der Waals surface area contributed by atoms with E-state index in [2.05, 4.69) is 43.5 Å². The van der Waals surface area contributed by atoms with E-state index in [4.69, 9.17) is 4.74 Å². The molecule has 0 radical (unpaired) electrons. The number of amides is 1. The minimum Gasteiger partial charge on any atom is -0.466 e. The number of ether oxygens (including phenoxy) is 1. The monoisotopic (exact) mass is 1030 g/mol. The molecule has 6 nitrogen and oxygen atoms in total. The number of aliphatic hydroxyl groups is 2. The summed E-state index contributed by atoms with van der Waals surface area (Å²) in [6, 6.07) is -0.550. The summed E-state index contributed by atoms with van der Waals surface area (Å²) in [4.78, 5) is 24.6. The van der Waals surface area contributed by atoms with Gasteiger partial charge >= 0.3 is 5.97 Å². The lowest BCUT2D eigenvalue weighted by molar-refractivity contribution is -0.143. The van der Waals surface area contributed by atoms with Gasteiger partial charge in [0.25, 0.3) is 0 Å². The summed E-state index contributed by atoms with van der Waals surface area (Å²) in [5, 5.41) is 23.4. The van der Waals surface area contributed by atoms with E-state index in [0.29, 0.717) is 25.9 Å². The van der Waals surface area contributed by atoms with Gasteiger partial charge < -0.3 is 20.3 Å². The highest BCUT2D eigenvalue weighted by Crippen LogP contribution is 2.18. The van der Waals surface area contributed by atoms with Gasteiger partial charge in [0, 0.05) is 12.8 Å². The molecule has 0 aliphatic heterocycles. The van der Waals surface area contributed by atoms with Gasteiger partial charge in [0.2, 0.25) is 5.91 Å². The molecule has 3 N–H and O–H groups in total. The lowest BCUT2D eigenvalue weighted by atomic mass is 10.0. The Morgan fingerprint density at radius 2 is 0.644 bits per heavy atom. The predicted octanol–water partition coefficient (Wildman–Crippen LogP) is 21.0. The van der Waals surface area contributed by atoms with Crippen molar-refractivity contribution in [3.05, 3.63) is 24.3 Å². The maximum atomic E-state index is 12.5. The van der Waals surface area contributed by atoms with Gasteiger partial charge in [0.05, 0.1) is 25.4 Å². The molecule has 0 saturated heterocycles. The van der Waals surface area contributed by atoms with Crippen molar-refractivity contribution in [1.82, 2.24) is 5.32 Å². The Morgan fingerprint density at radius 3 is 1.00 bits per heavy atom. The van der Waals surface area contributed by atoms with Crippen LogP contribution < -0.4 is 5.32 Å². The van der Waals surface area contributed by atoms with E-state index in [1.54, 1.807) is 0 Å². The first-order valence-corrected chi connectivity index (χ1v) is 33.1. The second kappa shape index (κ2) is 62.9. The van der Waals surface area contributed by atoms with Crippen molar-refractivity contribution < 1.29 is 24.5 Å². The first-order valence-electron chi connectivity index (χ1n) is 33.1. The van der Waals surface area contributed by atoms with E-state index in [1.165, 1.54) is 289 Å². The topological polar surface area (TPSA) is 95.9 Å². The standard InChI is InChI=1S/C67H129NO5/c1-3-5-7-9-11-13-15-17-18-19-20-21-22-23-24-25-27-30-33-36-39-43-47-51-55-59-65(70)64(63-69)68-66(71)60-56-52-48-44-40-37-34-31-28-26-29-32-35-38-42-46-50-54-58-62-73-67(72)61-57-53-49-45-41-16-14-12-10-8-6-4-2/h12,14,26,28,64-65,69-70H,3-11,13,15-25,27,29-63H2,1-2H3,(H,68,71)/b14-12-,28-26-. The number of carbonyl (C=O) groups is 2. The molecule has 0 fully saturated rings. The lowest BCUT2D eigenvalue weighted by Crippen LogP contribution is -2.45. The van der Waals surface area contributed by atoms with Gasteiger partial charge in [0.15, 0.2) is 0 Å². The summed E-state index contributed by atoms with van der Waals surface area (Å²) < 4.78 is 5.46. The van der Waals surface area contributed by atoms with Crippen molar-refractivity contribution in [1.29, 1.82) is 0 Å². The van der Waals surface area contributed by atoms with Crippen LogP contribution in [-0.4, -0.2) is 47.4 Å². The number of hydrogen-bond acceptors (Lipinski definition) is 5. The van der Waals surface area contributed by atoms with Crippen molar-refractivity contribution in [3.8, 4) is 0 Å². The smallest absolute Gasteiger partial charge is 0.305 e. The summed E-state index contributed by atoms with van der Waals surface area (Å²) in [6.07, 6.45) is 77.7. The molecular weight excluding hydrogens is 899 g/mol. The Kier molecular flexibility index (Phi) is 61.4. The van der Waals surface area contributed by atoms with E-state index in [0.717, 1.165) is 44.9 Å². The van der Waals surface area contributed by atoms with Crippen LogP contribution in [0.2, 0.25) is 0 Å². The molecule has 0 aromatic heterocycles. The Hall–Kier alpha value is -1.66. The number of rotatable bonds is 62. The highest BCUT2D eigenvalue weighted by molar-refractivity contribution is 5.76. The van der Waals surface area contributed by atoms with Crippen molar-refractivity contribution in [3.63, 3.8) is 0 Å². The first kappa shape index (κ1) is 71.3. The summed E-state index contributed by atoms with van der Waals surface area (Å²) in [5.41, 5.74) is 0. The fraction of sp³-hybridized carbons (Fsp3) is 0.910. The maximum Gasteiger partial charge on any atom is 0.305 e. The number of nitrogens with one attached hydrogen (secondary N) is 1. The Balaban J connectivity index is 3.44. The molecular formula is C67H129NO5. The van der Waals surface area contributed by atoms with Crippen LogP contribution in [0.1, 0.15) is 367 Å². The van der Waals surface area contributed by atoms with E-state index < -0.39 is 12.1 Å². The zero-order chi connectivity index (χ0) is 52.9. The van der Waals surface area contributed by atoms with Gasteiger partial charge in [-0.3, -0.25) is 9.59 Å². The zero-order valence-corrected chi connectivity index (χ0v) is 49.4. The number of aliphatic hydroxyl groups excluding tert-OH is 2. The number of carbonyl (C=O) groups excluding carboxylic acids is 2. The molecule has 1 amide bonds. The molecule has 0 rings (SSSR count). The molecule has 0 heterocycles. The van der Waals surface area contributed by atoms with Crippen LogP contribution in [-0.2, 0) is 14.3 Å². The van der Waals surface area contributed by atoms with Crippen molar-refractivity contribution in [2.24, 2.45) is 0 Å². The molecule has 0 aromatic rings. The third-order valence-corrected chi connectivity index (χ3v) is 15.5. The third kappa shape index (κ3) is 59.4. The summed E-state index contributed by atoms with van der Waals surface area (Å²) in [5.74, 6) is -0.0460. The van der Waals surface area contributed by atoms with Gasteiger partial charge in [-0.15, -0.1) is 0 Å². The van der Waals surface area contributed by atoms with Gasteiger partial charge in [-0.1, -0.05) is 301 Å². The predicted molar refractivity (Wildman–Crippen MR) is 320 cm³/mol. The molecule has 0 spiro atoms. The molecule has 0 saturated carbocycles. The van der Waals surface area contributed by atoms with Crippen molar-refractivity contribution in [2.45, 2.75) is 379 Å². The van der Waals surface area contributed by atoms with Crippen LogP contribution in [0, 0.1) is 0 Å². The van der Waals surface area contributed by atoms with Gasteiger partial charge in [0.1, 0.15) is 0 Å². The van der Waals surface area contributed by atoms with Gasteiger partial charge in [-0.25, -0.2) is 0 Å². The minimum absolute atomic E-state index is 0.00535. The normalized spacial score (nSPS) is 12.7. The highest BCUT2D eigenvalue weighted by Gasteiger charge is 2.20. The zero-order valence-electron chi connectivity index (χ0n) is 49.4. The molecule has 6 heteroatoms. The van der Waals surface area contributed by atoms with E-state index in [-0.39, 0.29) is 18.5 Å². The molecule has 0 aliphatic rings. The molecule has 0 aromatic carbocycles. The molecule has 73 heavy (non-hydrogen) atoms. The van der Waals surface area contributed by atoms with E-state index in [9.17, 15) is 19.8 Å². The van der Waals surface area contributed by atoms with Crippen LogP contribution in [0.5, 0.6) is 0 Å².